The van der Waals surface area contributed by atoms with E-state index in [1.165, 1.54) is 11.1 Å². The van der Waals surface area contributed by atoms with Crippen molar-refractivity contribution in [2.45, 2.75) is 108 Å². The maximum atomic E-state index is 15.0. The summed E-state index contributed by atoms with van der Waals surface area (Å²) in [7, 11) is 0. The molecular weight excluding hydrogens is 509 g/mol. The van der Waals surface area contributed by atoms with Crippen molar-refractivity contribution in [3.63, 3.8) is 0 Å². The molecule has 2 aliphatic carbocycles. The maximum absolute atomic E-state index is 15.0. The Balaban J connectivity index is 1.27. The van der Waals surface area contributed by atoms with E-state index in [1.807, 2.05) is 0 Å². The van der Waals surface area contributed by atoms with Gasteiger partial charge in [0.25, 0.3) is 0 Å². The van der Waals surface area contributed by atoms with Gasteiger partial charge >= 0.3 is 12.3 Å². The average Bonchev–Trinajstić information content (AvgIpc) is 2.87. The van der Waals surface area contributed by atoms with E-state index in [-0.39, 0.29) is 24.3 Å². The van der Waals surface area contributed by atoms with Crippen molar-refractivity contribution in [2.75, 3.05) is 0 Å². The van der Waals surface area contributed by atoms with Gasteiger partial charge in [-0.05, 0) is 105 Å². The van der Waals surface area contributed by atoms with Gasteiger partial charge in [-0.25, -0.2) is 8.78 Å². The molecule has 0 aliphatic heterocycles. The summed E-state index contributed by atoms with van der Waals surface area (Å²) in [5.74, 6) is -4.31. The van der Waals surface area contributed by atoms with Crippen molar-refractivity contribution < 1.29 is 35.5 Å². The first kappa shape index (κ1) is 28.9. The van der Waals surface area contributed by atoms with E-state index in [0.29, 0.717) is 50.7 Å². The molecule has 1 nitrogen and oxygen atoms in total. The van der Waals surface area contributed by atoms with Crippen LogP contribution in [0, 0.1) is 17.6 Å². The van der Waals surface area contributed by atoms with Crippen molar-refractivity contribution in [2.24, 2.45) is 5.92 Å². The molecule has 2 fully saturated rings. The van der Waals surface area contributed by atoms with Gasteiger partial charge in [0.1, 0.15) is 17.2 Å². The summed E-state index contributed by atoms with van der Waals surface area (Å²) >= 11 is 0. The van der Waals surface area contributed by atoms with Gasteiger partial charge < -0.3 is 4.74 Å². The van der Waals surface area contributed by atoms with Crippen LogP contribution in [0.1, 0.15) is 105 Å². The Morgan fingerprint density at radius 1 is 0.737 bits per heavy atom. The minimum Gasteiger partial charge on any atom is -0.317 e. The van der Waals surface area contributed by atoms with Gasteiger partial charge in [0.15, 0.2) is 0 Å². The van der Waals surface area contributed by atoms with Gasteiger partial charge in [0.2, 0.25) is 0 Å². The number of hydrogen-bond donors (Lipinski definition) is 0. The molecule has 0 aromatic heterocycles. The SMILES string of the molecule is CCCCc1ccc(C2CCC(C(F)(F)OC3CCC(c4cc(F)c(C(F)(F)F)c(F)c4)CC3)CC2)cc1. The number of benzene rings is 2. The maximum Gasteiger partial charge on any atom is 0.422 e. The number of halogens is 7. The third-order valence-corrected chi connectivity index (χ3v) is 8.29. The van der Waals surface area contributed by atoms with Crippen LogP contribution < -0.4 is 0 Å². The standard InChI is InChI=1S/C30H35F7O/c1-2-3-4-19-5-7-20(8-6-19)21-9-13-24(14-10-21)30(36,37)38-25-15-11-22(12-16-25)23-17-26(31)28(27(32)18-23)29(33,34)35/h5-8,17-18,21-22,24-25H,2-4,9-16H2,1H3. The molecule has 2 aromatic carbocycles. The molecule has 0 unspecified atom stereocenters. The fourth-order valence-electron chi connectivity index (χ4n) is 6.03. The minimum absolute atomic E-state index is 0.120. The van der Waals surface area contributed by atoms with E-state index in [4.69, 9.17) is 4.74 Å². The highest BCUT2D eigenvalue weighted by molar-refractivity contribution is 5.31. The molecule has 38 heavy (non-hydrogen) atoms. The molecule has 8 heteroatoms. The van der Waals surface area contributed by atoms with Gasteiger partial charge in [-0.2, -0.15) is 22.0 Å². The van der Waals surface area contributed by atoms with Crippen molar-refractivity contribution in [3.8, 4) is 0 Å². The van der Waals surface area contributed by atoms with Crippen LogP contribution in [-0.2, 0) is 17.3 Å². The lowest BCUT2D eigenvalue weighted by Crippen LogP contribution is -2.38. The first-order chi connectivity index (χ1) is 18.0. The van der Waals surface area contributed by atoms with E-state index >= 15 is 8.78 Å². The third-order valence-electron chi connectivity index (χ3n) is 8.29. The Bertz CT molecular complexity index is 1020. The van der Waals surface area contributed by atoms with Gasteiger partial charge in [0, 0.05) is 0 Å². The Morgan fingerprint density at radius 3 is 1.79 bits per heavy atom. The molecule has 4 rings (SSSR count). The Kier molecular flexibility index (Phi) is 9.11. The molecule has 0 heterocycles. The van der Waals surface area contributed by atoms with E-state index < -0.39 is 47.4 Å². The predicted octanol–water partition coefficient (Wildman–Crippen LogP) is 9.94. The Morgan fingerprint density at radius 2 is 1.26 bits per heavy atom. The highest BCUT2D eigenvalue weighted by Crippen LogP contribution is 2.45. The summed E-state index contributed by atoms with van der Waals surface area (Å²) in [6, 6.07) is 9.94. The number of hydrogen-bond acceptors (Lipinski definition) is 1. The number of unbranched alkanes of at least 4 members (excludes halogenated alkanes) is 1. The van der Waals surface area contributed by atoms with Gasteiger partial charge in [0.05, 0.1) is 12.0 Å². The van der Waals surface area contributed by atoms with Crippen molar-refractivity contribution in [1.82, 2.24) is 0 Å². The summed E-state index contributed by atoms with van der Waals surface area (Å²) < 4.78 is 102. The lowest BCUT2D eigenvalue weighted by atomic mass is 9.78. The number of alkyl halides is 5. The normalized spacial score (nSPS) is 24.9. The van der Waals surface area contributed by atoms with Crippen LogP contribution in [0.15, 0.2) is 36.4 Å². The van der Waals surface area contributed by atoms with Crippen molar-refractivity contribution in [3.05, 3.63) is 70.3 Å². The van der Waals surface area contributed by atoms with Gasteiger partial charge in [-0.15, -0.1) is 0 Å². The summed E-state index contributed by atoms with van der Waals surface area (Å²) in [5, 5.41) is 0. The van der Waals surface area contributed by atoms with E-state index in [0.717, 1.165) is 19.3 Å². The first-order valence-electron chi connectivity index (χ1n) is 13.7. The Labute approximate surface area is 219 Å². The van der Waals surface area contributed by atoms with Crippen LogP contribution in [0.5, 0.6) is 0 Å². The minimum atomic E-state index is -5.12. The lowest BCUT2D eigenvalue weighted by Gasteiger charge is -2.37. The molecule has 0 bridgehead atoms. The van der Waals surface area contributed by atoms with Crippen LogP contribution >= 0.6 is 0 Å². The summed E-state index contributed by atoms with van der Waals surface area (Å²) in [5.41, 5.74) is 0.710. The zero-order chi connectivity index (χ0) is 27.5. The topological polar surface area (TPSA) is 9.23 Å². The molecule has 2 saturated carbocycles. The summed E-state index contributed by atoms with van der Waals surface area (Å²) in [4.78, 5) is 0. The number of aryl methyl sites for hydroxylation is 1. The number of rotatable bonds is 8. The van der Waals surface area contributed by atoms with Gasteiger partial charge in [-0.3, -0.25) is 0 Å². The van der Waals surface area contributed by atoms with Crippen LogP contribution in [-0.4, -0.2) is 12.2 Å². The fraction of sp³-hybridized carbons (Fsp3) is 0.600. The third kappa shape index (κ3) is 6.91. The van der Waals surface area contributed by atoms with Crippen molar-refractivity contribution in [1.29, 1.82) is 0 Å². The molecule has 0 amide bonds. The summed E-state index contributed by atoms with van der Waals surface area (Å²) in [6.07, 6.45) is -2.52. The molecule has 0 saturated heterocycles. The van der Waals surface area contributed by atoms with E-state index in [1.54, 1.807) is 0 Å². The van der Waals surface area contributed by atoms with Crippen LogP contribution in [0.25, 0.3) is 0 Å². The monoisotopic (exact) mass is 544 g/mol. The average molecular weight is 545 g/mol. The molecule has 2 aromatic rings. The Hall–Kier alpha value is -2.09. The molecule has 0 spiro atoms. The molecule has 0 N–H and O–H groups in total. The quantitative estimate of drug-likeness (QED) is 0.301. The van der Waals surface area contributed by atoms with Crippen LogP contribution in [0.4, 0.5) is 30.7 Å². The molecule has 0 atom stereocenters. The molecule has 2 aliphatic rings. The van der Waals surface area contributed by atoms with Gasteiger partial charge in [-0.1, -0.05) is 37.6 Å². The summed E-state index contributed by atoms with van der Waals surface area (Å²) in [6.45, 7) is 2.16. The second-order valence-corrected chi connectivity index (χ2v) is 10.9. The highest BCUT2D eigenvalue weighted by Gasteiger charge is 2.45. The van der Waals surface area contributed by atoms with E-state index in [9.17, 15) is 22.0 Å². The number of ether oxygens (including phenoxy) is 1. The fourth-order valence-corrected chi connectivity index (χ4v) is 6.03. The molecular formula is C30H35F7O. The van der Waals surface area contributed by atoms with Crippen molar-refractivity contribution >= 4 is 0 Å². The lowest BCUT2D eigenvalue weighted by molar-refractivity contribution is -0.300. The zero-order valence-electron chi connectivity index (χ0n) is 21.6. The van der Waals surface area contributed by atoms with E-state index in [2.05, 4.69) is 31.2 Å². The molecule has 210 valence electrons. The predicted molar refractivity (Wildman–Crippen MR) is 132 cm³/mol. The molecule has 0 radical (unpaired) electrons. The second kappa shape index (κ2) is 12.0. The first-order valence-corrected chi connectivity index (χ1v) is 13.7. The largest absolute Gasteiger partial charge is 0.422 e. The zero-order valence-corrected chi connectivity index (χ0v) is 21.6. The van der Waals surface area contributed by atoms with Crippen LogP contribution in [0.2, 0.25) is 0 Å². The smallest absolute Gasteiger partial charge is 0.317 e. The highest BCUT2D eigenvalue weighted by atomic mass is 19.4. The van der Waals surface area contributed by atoms with Crippen LogP contribution in [0.3, 0.4) is 0 Å². The second-order valence-electron chi connectivity index (χ2n) is 10.9.